The van der Waals surface area contributed by atoms with Gasteiger partial charge in [-0.1, -0.05) is 6.07 Å². The molecule has 2 N–H and O–H groups in total. The second kappa shape index (κ2) is 6.75. The third-order valence-corrected chi connectivity index (χ3v) is 2.61. The number of ether oxygens (including phenoxy) is 2. The highest BCUT2D eigenvalue weighted by molar-refractivity contribution is 5.97. The molecule has 1 unspecified atom stereocenters. The summed E-state index contributed by atoms with van der Waals surface area (Å²) in [4.78, 5) is 22.8. The Balaban J connectivity index is 2.85. The second-order valence-corrected chi connectivity index (χ2v) is 4.00. The lowest BCUT2D eigenvalue weighted by atomic mass is 10.1. The zero-order valence-electron chi connectivity index (χ0n) is 11.1. The molecule has 0 saturated heterocycles. The number of aryl methyl sites for hydroxylation is 1. The monoisotopic (exact) mass is 267 g/mol. The van der Waals surface area contributed by atoms with Crippen molar-refractivity contribution in [2.75, 3.05) is 20.8 Å². The van der Waals surface area contributed by atoms with Gasteiger partial charge in [0.05, 0.1) is 13.7 Å². The predicted molar refractivity (Wildman–Crippen MR) is 68.5 cm³/mol. The lowest BCUT2D eigenvalue weighted by Crippen LogP contribution is -2.43. The molecule has 0 bridgehead atoms. The number of carbonyl (C=O) groups excluding carboxylic acids is 1. The minimum absolute atomic E-state index is 0.0932. The summed E-state index contributed by atoms with van der Waals surface area (Å²) in [6.45, 7) is 1.76. The molecule has 0 heterocycles. The number of hydrogen-bond acceptors (Lipinski definition) is 4. The molecule has 0 aliphatic carbocycles. The molecule has 6 nitrogen and oxygen atoms in total. The van der Waals surface area contributed by atoms with E-state index in [-0.39, 0.29) is 6.61 Å². The van der Waals surface area contributed by atoms with E-state index in [0.29, 0.717) is 11.3 Å². The van der Waals surface area contributed by atoms with Gasteiger partial charge in [0.2, 0.25) is 0 Å². The topological polar surface area (TPSA) is 84.9 Å². The zero-order valence-corrected chi connectivity index (χ0v) is 11.1. The molecule has 1 aromatic carbocycles. The van der Waals surface area contributed by atoms with Gasteiger partial charge in [0.1, 0.15) is 5.75 Å². The van der Waals surface area contributed by atoms with Crippen LogP contribution in [-0.2, 0) is 9.53 Å². The number of hydrogen-bond donors (Lipinski definition) is 2. The quantitative estimate of drug-likeness (QED) is 0.797. The molecule has 0 aliphatic heterocycles. The number of benzene rings is 1. The molecule has 1 amide bonds. The van der Waals surface area contributed by atoms with Crippen LogP contribution in [0.1, 0.15) is 15.9 Å². The van der Waals surface area contributed by atoms with Crippen molar-refractivity contribution in [3.63, 3.8) is 0 Å². The molecular formula is C13H17NO5. The number of aliphatic carboxylic acids is 1. The van der Waals surface area contributed by atoms with Gasteiger partial charge in [-0.25, -0.2) is 4.79 Å². The van der Waals surface area contributed by atoms with E-state index in [1.807, 2.05) is 6.92 Å². The van der Waals surface area contributed by atoms with E-state index in [1.54, 1.807) is 18.2 Å². The summed E-state index contributed by atoms with van der Waals surface area (Å²) in [6, 6.07) is 3.83. The molecule has 0 fully saturated rings. The van der Waals surface area contributed by atoms with E-state index >= 15 is 0 Å². The van der Waals surface area contributed by atoms with Gasteiger partial charge in [-0.15, -0.1) is 0 Å². The molecular weight excluding hydrogens is 250 g/mol. The van der Waals surface area contributed by atoms with Crippen LogP contribution in [0, 0.1) is 6.92 Å². The Morgan fingerprint density at radius 3 is 2.58 bits per heavy atom. The van der Waals surface area contributed by atoms with Crippen molar-refractivity contribution in [1.82, 2.24) is 5.32 Å². The Morgan fingerprint density at radius 2 is 2.05 bits per heavy atom. The fraction of sp³-hybridized carbons (Fsp3) is 0.385. The largest absolute Gasteiger partial charge is 0.496 e. The Bertz CT molecular complexity index is 472. The first-order valence-corrected chi connectivity index (χ1v) is 5.66. The van der Waals surface area contributed by atoms with Crippen molar-refractivity contribution in [1.29, 1.82) is 0 Å². The highest BCUT2D eigenvalue weighted by Gasteiger charge is 2.20. The van der Waals surface area contributed by atoms with Crippen molar-refractivity contribution in [2.24, 2.45) is 0 Å². The summed E-state index contributed by atoms with van der Waals surface area (Å²) in [7, 11) is 2.88. The van der Waals surface area contributed by atoms with Crippen molar-refractivity contribution < 1.29 is 24.2 Å². The van der Waals surface area contributed by atoms with Gasteiger partial charge in [0.25, 0.3) is 5.91 Å². The molecule has 1 atom stereocenters. The maximum absolute atomic E-state index is 11.9. The Morgan fingerprint density at radius 1 is 1.37 bits per heavy atom. The smallest absolute Gasteiger partial charge is 0.328 e. The lowest BCUT2D eigenvalue weighted by Gasteiger charge is -2.14. The number of amides is 1. The maximum Gasteiger partial charge on any atom is 0.328 e. The summed E-state index contributed by atoms with van der Waals surface area (Å²) < 4.78 is 9.86. The average Bonchev–Trinajstić information content (AvgIpc) is 2.38. The number of methoxy groups -OCH3 is 2. The van der Waals surface area contributed by atoms with E-state index < -0.39 is 17.9 Å². The number of carbonyl (C=O) groups is 2. The predicted octanol–water partition coefficient (Wildman–Crippen LogP) is 0.833. The third-order valence-electron chi connectivity index (χ3n) is 2.61. The first kappa shape index (κ1) is 15.0. The van der Waals surface area contributed by atoms with Crippen molar-refractivity contribution >= 4 is 11.9 Å². The van der Waals surface area contributed by atoms with Crippen molar-refractivity contribution in [3.05, 3.63) is 29.3 Å². The van der Waals surface area contributed by atoms with Gasteiger partial charge in [0.15, 0.2) is 6.04 Å². The maximum atomic E-state index is 11.9. The average molecular weight is 267 g/mol. The summed E-state index contributed by atoms with van der Waals surface area (Å²) >= 11 is 0. The summed E-state index contributed by atoms with van der Waals surface area (Å²) in [5.41, 5.74) is 1.23. The van der Waals surface area contributed by atoms with Gasteiger partial charge in [-0.05, 0) is 24.6 Å². The molecule has 19 heavy (non-hydrogen) atoms. The van der Waals surface area contributed by atoms with Crippen LogP contribution in [0.25, 0.3) is 0 Å². The van der Waals surface area contributed by atoms with Gasteiger partial charge < -0.3 is 19.9 Å². The first-order valence-electron chi connectivity index (χ1n) is 5.66. The van der Waals surface area contributed by atoms with Crippen LogP contribution in [0.4, 0.5) is 0 Å². The standard InChI is InChI=1S/C13H17NO5/c1-8-4-5-9(6-11(8)19-3)12(15)14-10(7-18-2)13(16)17/h4-6,10H,7H2,1-3H3,(H,14,15)(H,16,17). The van der Waals surface area contributed by atoms with Crippen LogP contribution in [-0.4, -0.2) is 43.9 Å². The summed E-state index contributed by atoms with van der Waals surface area (Å²) in [6.07, 6.45) is 0. The van der Waals surface area contributed by atoms with Crippen molar-refractivity contribution in [3.8, 4) is 5.75 Å². The molecule has 0 radical (unpaired) electrons. The third kappa shape index (κ3) is 3.96. The van der Waals surface area contributed by atoms with Crippen LogP contribution in [0.5, 0.6) is 5.75 Å². The minimum atomic E-state index is -1.14. The molecule has 6 heteroatoms. The number of carboxylic acid groups (broad SMARTS) is 1. The minimum Gasteiger partial charge on any atom is -0.496 e. The van der Waals surface area contributed by atoms with Gasteiger partial charge in [-0.2, -0.15) is 0 Å². The molecule has 0 spiro atoms. The molecule has 1 rings (SSSR count). The molecule has 0 saturated carbocycles. The van der Waals surface area contributed by atoms with Crippen LogP contribution < -0.4 is 10.1 Å². The Labute approximate surface area is 111 Å². The van der Waals surface area contributed by atoms with Crippen LogP contribution in [0.2, 0.25) is 0 Å². The van der Waals surface area contributed by atoms with E-state index in [1.165, 1.54) is 14.2 Å². The van der Waals surface area contributed by atoms with Gasteiger partial charge in [-0.3, -0.25) is 4.79 Å². The van der Waals surface area contributed by atoms with Crippen LogP contribution >= 0.6 is 0 Å². The fourth-order valence-electron chi connectivity index (χ4n) is 1.54. The SMILES string of the molecule is COCC(NC(=O)c1ccc(C)c(OC)c1)C(=O)O. The van der Waals surface area contributed by atoms with Gasteiger partial charge >= 0.3 is 5.97 Å². The zero-order chi connectivity index (χ0) is 14.4. The molecule has 104 valence electrons. The fourth-order valence-corrected chi connectivity index (χ4v) is 1.54. The highest BCUT2D eigenvalue weighted by Crippen LogP contribution is 2.18. The van der Waals surface area contributed by atoms with E-state index in [2.05, 4.69) is 5.32 Å². The summed E-state index contributed by atoms with van der Waals surface area (Å²) in [5, 5.41) is 11.3. The lowest BCUT2D eigenvalue weighted by molar-refractivity contribution is -0.140. The Hall–Kier alpha value is -2.08. The number of nitrogens with one attached hydrogen (secondary N) is 1. The van der Waals surface area contributed by atoms with E-state index in [9.17, 15) is 9.59 Å². The van der Waals surface area contributed by atoms with E-state index in [0.717, 1.165) is 5.56 Å². The Kier molecular flexibility index (Phi) is 5.32. The normalized spacial score (nSPS) is 11.7. The van der Waals surface area contributed by atoms with Gasteiger partial charge in [0, 0.05) is 12.7 Å². The molecule has 0 aliphatic rings. The number of rotatable bonds is 6. The molecule has 1 aromatic rings. The van der Waals surface area contributed by atoms with E-state index in [4.69, 9.17) is 14.6 Å². The highest BCUT2D eigenvalue weighted by atomic mass is 16.5. The summed E-state index contributed by atoms with van der Waals surface area (Å²) in [5.74, 6) is -1.05. The first-order chi connectivity index (χ1) is 8.99. The second-order valence-electron chi connectivity index (χ2n) is 4.00. The van der Waals surface area contributed by atoms with Crippen LogP contribution in [0.15, 0.2) is 18.2 Å². The van der Waals surface area contributed by atoms with Crippen molar-refractivity contribution in [2.45, 2.75) is 13.0 Å². The van der Waals surface area contributed by atoms with Crippen LogP contribution in [0.3, 0.4) is 0 Å². The number of carboxylic acids is 1. The molecule has 0 aromatic heterocycles.